The first kappa shape index (κ1) is 52.8. The minimum atomic E-state index is -2.01. The van der Waals surface area contributed by atoms with E-state index in [-0.39, 0.29) is 50.6 Å². The van der Waals surface area contributed by atoms with Crippen molar-refractivity contribution in [2.24, 2.45) is 23.7 Å². The number of nitrogens with one attached hydrogen (secondary N) is 1. The lowest BCUT2D eigenvalue weighted by atomic mass is 9.73. The molecule has 7 N–H and O–H groups in total. The number of aliphatic hydroxyl groups is 6. The van der Waals surface area contributed by atoms with E-state index in [2.05, 4.69) is 5.32 Å². The van der Waals surface area contributed by atoms with Gasteiger partial charge in [0.15, 0.2) is 12.6 Å². The normalized spacial score (nSPS) is 45.3. The van der Waals surface area contributed by atoms with Crippen molar-refractivity contribution in [3.63, 3.8) is 0 Å². The smallest absolute Gasteiger partial charge is 0.311 e. The van der Waals surface area contributed by atoms with Crippen LogP contribution in [0.4, 0.5) is 0 Å². The molecule has 17 nitrogen and oxygen atoms in total. The van der Waals surface area contributed by atoms with Crippen LogP contribution in [-0.2, 0) is 42.7 Å². The second-order valence-electron chi connectivity index (χ2n) is 18.9. The van der Waals surface area contributed by atoms with Crippen LogP contribution >= 0.6 is 0 Å². The Morgan fingerprint density at radius 2 is 1.58 bits per heavy atom. The first-order valence-electron chi connectivity index (χ1n) is 21.8. The van der Waals surface area contributed by atoms with Gasteiger partial charge in [-0.3, -0.25) is 14.5 Å². The molecule has 3 aliphatic heterocycles. The van der Waals surface area contributed by atoms with Gasteiger partial charge in [0, 0.05) is 44.0 Å². The van der Waals surface area contributed by atoms with Crippen LogP contribution in [0.2, 0.25) is 0 Å². The highest BCUT2D eigenvalue weighted by Crippen LogP contribution is 2.42. The average molecular weight is 865 g/mol. The van der Waals surface area contributed by atoms with Crippen LogP contribution in [0.25, 0.3) is 0 Å². The number of esters is 1. The van der Waals surface area contributed by atoms with Gasteiger partial charge >= 0.3 is 5.97 Å². The van der Waals surface area contributed by atoms with E-state index in [1.54, 1.807) is 55.4 Å². The molecule has 1 amide bonds. The minimum absolute atomic E-state index is 0.00372. The number of hydrogen-bond acceptors (Lipinski definition) is 16. The lowest BCUT2D eigenvalue weighted by Crippen LogP contribution is -2.62. The predicted molar refractivity (Wildman–Crippen MR) is 220 cm³/mol. The largest absolute Gasteiger partial charge is 0.459 e. The third kappa shape index (κ3) is 12.4. The van der Waals surface area contributed by atoms with Gasteiger partial charge in [0.05, 0.1) is 60.4 Å². The molecular weight excluding hydrogens is 784 g/mol. The fraction of sp³-hybridized carbons (Fsp3) is 0.953. The van der Waals surface area contributed by atoms with Gasteiger partial charge < -0.3 is 69.1 Å². The van der Waals surface area contributed by atoms with Gasteiger partial charge in [0.2, 0.25) is 5.91 Å². The summed E-state index contributed by atoms with van der Waals surface area (Å²) in [5.74, 6) is -4.77. The molecule has 0 saturated carbocycles. The summed E-state index contributed by atoms with van der Waals surface area (Å²) in [4.78, 5) is 29.2. The Bertz CT molecular complexity index is 1360. The molecule has 0 aliphatic carbocycles. The second kappa shape index (κ2) is 21.9. The number of nitrogens with zero attached hydrogens (tertiary/aromatic N) is 1. The Morgan fingerprint density at radius 1 is 0.950 bits per heavy atom. The molecule has 3 heterocycles. The number of carbonyl (C=O) groups is 2. The lowest BCUT2D eigenvalue weighted by molar-refractivity contribution is -0.319. The molecule has 352 valence electrons. The summed E-state index contributed by atoms with van der Waals surface area (Å²) >= 11 is 0. The highest BCUT2D eigenvalue weighted by Gasteiger charge is 2.54. The molecule has 3 fully saturated rings. The maximum absolute atomic E-state index is 14.4. The number of hydrogen-bond donors (Lipinski definition) is 7. The van der Waals surface area contributed by atoms with Crippen molar-refractivity contribution in [3.05, 3.63) is 0 Å². The Hall–Kier alpha value is -1.58. The number of methoxy groups -OCH3 is 1. The lowest BCUT2D eigenvalue weighted by Gasteiger charge is -2.50. The zero-order valence-corrected chi connectivity index (χ0v) is 38.6. The van der Waals surface area contributed by atoms with Crippen LogP contribution in [0.5, 0.6) is 0 Å². The average Bonchev–Trinajstić information content (AvgIpc) is 3.18. The van der Waals surface area contributed by atoms with E-state index in [1.165, 1.54) is 14.0 Å². The zero-order valence-electron chi connectivity index (χ0n) is 38.6. The highest BCUT2D eigenvalue weighted by atomic mass is 16.7. The van der Waals surface area contributed by atoms with E-state index in [9.17, 15) is 40.2 Å². The number of likely N-dealkylation sites (N-methyl/N-ethyl adjacent to an activating group) is 1. The Morgan fingerprint density at radius 3 is 2.15 bits per heavy atom. The Labute approximate surface area is 357 Å². The molecular formula is C43H80N2O15. The summed E-state index contributed by atoms with van der Waals surface area (Å²) in [5.41, 5.74) is -4.90. The van der Waals surface area contributed by atoms with Crippen LogP contribution in [0.3, 0.4) is 0 Å². The number of aliphatic hydroxyl groups excluding tert-OH is 4. The number of ether oxygens (including phenoxy) is 7. The Balaban J connectivity index is 2.24. The van der Waals surface area contributed by atoms with Crippen molar-refractivity contribution in [1.82, 2.24) is 10.2 Å². The van der Waals surface area contributed by atoms with Crippen molar-refractivity contribution < 1.29 is 73.4 Å². The van der Waals surface area contributed by atoms with Gasteiger partial charge in [-0.25, -0.2) is 0 Å². The van der Waals surface area contributed by atoms with Gasteiger partial charge in [-0.2, -0.15) is 0 Å². The molecule has 0 aromatic heterocycles. The molecule has 3 aliphatic rings. The van der Waals surface area contributed by atoms with E-state index in [0.29, 0.717) is 6.42 Å². The molecule has 60 heavy (non-hydrogen) atoms. The maximum Gasteiger partial charge on any atom is 0.311 e. The monoisotopic (exact) mass is 865 g/mol. The zero-order chi connectivity index (χ0) is 45.7. The van der Waals surface area contributed by atoms with Gasteiger partial charge in [-0.05, 0) is 87.6 Å². The van der Waals surface area contributed by atoms with Crippen molar-refractivity contribution in [2.45, 2.75) is 205 Å². The van der Waals surface area contributed by atoms with E-state index in [1.807, 2.05) is 32.7 Å². The Kier molecular flexibility index (Phi) is 19.2. The van der Waals surface area contributed by atoms with Crippen molar-refractivity contribution in [1.29, 1.82) is 0 Å². The van der Waals surface area contributed by atoms with Gasteiger partial charge in [0.1, 0.15) is 30.5 Å². The molecule has 0 bridgehead atoms. The van der Waals surface area contributed by atoms with Crippen LogP contribution in [0.15, 0.2) is 0 Å². The molecule has 0 spiro atoms. The van der Waals surface area contributed by atoms with Gasteiger partial charge in [-0.15, -0.1) is 0 Å². The van der Waals surface area contributed by atoms with Gasteiger partial charge in [0.25, 0.3) is 0 Å². The first-order chi connectivity index (χ1) is 27.8. The number of amides is 1. The molecule has 0 radical (unpaired) electrons. The fourth-order valence-corrected chi connectivity index (χ4v) is 9.59. The second-order valence-corrected chi connectivity index (χ2v) is 18.9. The van der Waals surface area contributed by atoms with Gasteiger partial charge in [-0.1, -0.05) is 27.7 Å². The molecule has 3 rings (SSSR count). The van der Waals surface area contributed by atoms with Crippen LogP contribution in [0.1, 0.15) is 109 Å². The molecule has 17 heteroatoms. The van der Waals surface area contributed by atoms with Crippen LogP contribution < -0.4 is 5.32 Å². The van der Waals surface area contributed by atoms with E-state index in [0.717, 1.165) is 0 Å². The minimum Gasteiger partial charge on any atom is -0.459 e. The van der Waals surface area contributed by atoms with Crippen molar-refractivity contribution >= 4 is 11.9 Å². The molecule has 0 aromatic carbocycles. The summed E-state index contributed by atoms with van der Waals surface area (Å²) < 4.78 is 44.0. The van der Waals surface area contributed by atoms with Crippen LogP contribution in [0, 0.1) is 23.7 Å². The molecule has 0 unspecified atom stereocenters. The summed E-state index contributed by atoms with van der Waals surface area (Å²) in [6, 6.07) is -0.275. The summed E-state index contributed by atoms with van der Waals surface area (Å²) in [6.45, 7) is 20.1. The molecule has 19 atom stereocenters. The van der Waals surface area contributed by atoms with Crippen LogP contribution in [-0.4, -0.2) is 178 Å². The van der Waals surface area contributed by atoms with Crippen molar-refractivity contribution in [3.8, 4) is 0 Å². The molecule has 0 aromatic rings. The molecule has 3 saturated heterocycles. The topological polar surface area (TPSA) is 235 Å². The standard InChI is InChI=1S/C43H80N2O15/c1-15-30-43(12,53)36(49)25(6)34(55-21-31(47)44-16-17-46)23(4)19-41(10,52)38(60-40-33(48)29(18-24(5)56-40)45(13)22(2)3)26(7)35(27(8)39(51)58-30)59-32-20-42(11,54-14)37(50)28(9)57-32/h22-30,32-38,40,46,48-50,52-53H,15-21H2,1-14H3,(H,44,47)/t23-,24-,25+,26+,27-,28+,29+,30-,32+,33-,34+,35+,36-,37+,38-,40+,41-,42-,43-/m1/s1. The van der Waals surface area contributed by atoms with E-state index >= 15 is 0 Å². The first-order valence-corrected chi connectivity index (χ1v) is 21.8. The number of rotatable bonds is 13. The third-order valence-corrected chi connectivity index (χ3v) is 13.5. The fourth-order valence-electron chi connectivity index (χ4n) is 9.59. The maximum atomic E-state index is 14.4. The third-order valence-electron chi connectivity index (χ3n) is 13.5. The SMILES string of the molecule is CC[C@H]1OC(=O)[C@H](C)[C@@H](O[C@H]2C[C@@](C)(OC)[C@@H](O)[C@H](C)O2)[C@H](C)[C@@H](O[C@@H]2O[C@H](C)C[C@H](N(C)C(C)C)[C@H]2O)[C@](C)(O)C[C@@H](C)[C@H](OCC(=O)NCCO)[C@H](C)[C@@H](O)[C@]1(C)O. The van der Waals surface area contributed by atoms with E-state index in [4.69, 9.17) is 33.2 Å². The summed E-state index contributed by atoms with van der Waals surface area (Å²) in [7, 11) is 3.40. The summed E-state index contributed by atoms with van der Waals surface area (Å²) in [6.07, 6.45) is -10.9. The highest BCUT2D eigenvalue weighted by molar-refractivity contribution is 5.77. The quantitative estimate of drug-likeness (QED) is 0.130. The number of carbonyl (C=O) groups excluding carboxylic acids is 2. The predicted octanol–water partition coefficient (Wildman–Crippen LogP) is 1.49. The summed E-state index contributed by atoms with van der Waals surface area (Å²) in [5, 5.41) is 71.4. The van der Waals surface area contributed by atoms with E-state index < -0.39 is 120 Å². The number of cyclic esters (lactones) is 1. The van der Waals surface area contributed by atoms with Crippen molar-refractivity contribution in [2.75, 3.05) is 33.9 Å².